The summed E-state index contributed by atoms with van der Waals surface area (Å²) in [5.41, 5.74) is 3.86. The summed E-state index contributed by atoms with van der Waals surface area (Å²) in [6, 6.07) is 20.2. The molecule has 158 valence electrons. The number of benzene rings is 2. The van der Waals surface area contributed by atoms with E-state index in [0.29, 0.717) is 18.1 Å². The normalized spacial score (nSPS) is 11.1. The SMILES string of the molecule is CCOC(=O)c1cccc(-c2cccc3cc(Cc4ccc(OC(C)C)nc4)sc23)c1. The minimum atomic E-state index is -0.291. The third kappa shape index (κ3) is 4.94. The standard InChI is InChI=1S/C26H25NO3S/c1-4-29-26(28)21-9-5-7-19(14-21)23-10-6-8-20-15-22(31-25(20)23)13-18-11-12-24(27-16-18)30-17(2)3/h5-12,14-17H,4,13H2,1-3H3. The summed E-state index contributed by atoms with van der Waals surface area (Å²) in [5.74, 6) is 0.361. The average Bonchev–Trinajstić information content (AvgIpc) is 3.17. The van der Waals surface area contributed by atoms with Gasteiger partial charge < -0.3 is 9.47 Å². The van der Waals surface area contributed by atoms with Crippen molar-refractivity contribution in [2.75, 3.05) is 6.61 Å². The summed E-state index contributed by atoms with van der Waals surface area (Å²) in [5, 5.41) is 1.20. The molecule has 0 N–H and O–H groups in total. The van der Waals surface area contributed by atoms with Gasteiger partial charge in [0.05, 0.1) is 18.3 Å². The quantitative estimate of drug-likeness (QED) is 0.313. The Morgan fingerprint density at radius 1 is 1.06 bits per heavy atom. The summed E-state index contributed by atoms with van der Waals surface area (Å²) >= 11 is 1.78. The molecular formula is C26H25NO3S. The maximum Gasteiger partial charge on any atom is 0.338 e. The zero-order valence-corrected chi connectivity index (χ0v) is 18.7. The molecule has 0 radical (unpaired) electrons. The van der Waals surface area contributed by atoms with Gasteiger partial charge in [0.1, 0.15) is 0 Å². The highest BCUT2D eigenvalue weighted by molar-refractivity contribution is 7.19. The van der Waals surface area contributed by atoms with Crippen molar-refractivity contribution in [3.05, 3.63) is 82.9 Å². The number of ether oxygens (including phenoxy) is 2. The van der Waals surface area contributed by atoms with Gasteiger partial charge in [0.25, 0.3) is 0 Å². The van der Waals surface area contributed by atoms with Crippen molar-refractivity contribution in [3.63, 3.8) is 0 Å². The van der Waals surface area contributed by atoms with Crippen molar-refractivity contribution in [2.24, 2.45) is 0 Å². The molecule has 0 amide bonds. The van der Waals surface area contributed by atoms with E-state index >= 15 is 0 Å². The first-order chi connectivity index (χ1) is 15.0. The van der Waals surface area contributed by atoms with Crippen LogP contribution in [0, 0.1) is 0 Å². The molecule has 4 rings (SSSR count). The molecule has 0 aliphatic heterocycles. The fraction of sp³-hybridized carbons (Fsp3) is 0.231. The van der Waals surface area contributed by atoms with Crippen LogP contribution in [0.25, 0.3) is 21.2 Å². The van der Waals surface area contributed by atoms with E-state index in [2.05, 4.69) is 35.3 Å². The number of esters is 1. The highest BCUT2D eigenvalue weighted by Gasteiger charge is 2.12. The van der Waals surface area contributed by atoms with E-state index < -0.39 is 0 Å². The molecule has 4 nitrogen and oxygen atoms in total. The Labute approximate surface area is 186 Å². The van der Waals surface area contributed by atoms with Gasteiger partial charge in [-0.15, -0.1) is 11.3 Å². The Morgan fingerprint density at radius 2 is 1.90 bits per heavy atom. The van der Waals surface area contributed by atoms with Gasteiger partial charge in [-0.3, -0.25) is 0 Å². The molecule has 5 heteroatoms. The third-order valence-corrected chi connectivity index (χ3v) is 6.00. The average molecular weight is 432 g/mol. The van der Waals surface area contributed by atoms with Gasteiger partial charge in [0.2, 0.25) is 5.88 Å². The zero-order valence-electron chi connectivity index (χ0n) is 17.9. The number of nitrogens with zero attached hydrogens (tertiary/aromatic N) is 1. The first-order valence-electron chi connectivity index (χ1n) is 10.4. The van der Waals surface area contributed by atoms with Crippen LogP contribution >= 0.6 is 11.3 Å². The third-order valence-electron chi connectivity index (χ3n) is 4.81. The fourth-order valence-corrected chi connectivity index (χ4v) is 4.71. The maximum absolute atomic E-state index is 12.1. The number of fused-ring (bicyclic) bond motifs is 1. The van der Waals surface area contributed by atoms with E-state index in [4.69, 9.17) is 9.47 Å². The summed E-state index contributed by atoms with van der Waals surface area (Å²) in [6.45, 7) is 6.17. The van der Waals surface area contributed by atoms with Crippen LogP contribution in [0.4, 0.5) is 0 Å². The van der Waals surface area contributed by atoms with Crippen LogP contribution in [0.3, 0.4) is 0 Å². The molecule has 0 fully saturated rings. The van der Waals surface area contributed by atoms with Gasteiger partial charge in [-0.2, -0.15) is 0 Å². The number of hydrogen-bond acceptors (Lipinski definition) is 5. The maximum atomic E-state index is 12.1. The Kier molecular flexibility index (Phi) is 6.33. The molecule has 0 saturated carbocycles. The summed E-state index contributed by atoms with van der Waals surface area (Å²) in [7, 11) is 0. The number of hydrogen-bond donors (Lipinski definition) is 0. The van der Waals surface area contributed by atoms with Crippen LogP contribution in [0.1, 0.15) is 41.6 Å². The Balaban J connectivity index is 1.62. The summed E-state index contributed by atoms with van der Waals surface area (Å²) in [6.07, 6.45) is 2.81. The lowest BCUT2D eigenvalue weighted by Gasteiger charge is -2.08. The number of carbonyl (C=O) groups is 1. The predicted octanol–water partition coefficient (Wildman–Crippen LogP) is 6.52. The summed E-state index contributed by atoms with van der Waals surface area (Å²) in [4.78, 5) is 17.8. The molecule has 2 aromatic heterocycles. The largest absolute Gasteiger partial charge is 0.475 e. The lowest BCUT2D eigenvalue weighted by atomic mass is 10.0. The van der Waals surface area contributed by atoms with E-state index in [-0.39, 0.29) is 12.1 Å². The van der Waals surface area contributed by atoms with Gasteiger partial charge >= 0.3 is 5.97 Å². The molecule has 0 unspecified atom stereocenters. The molecule has 4 aromatic rings. The molecule has 0 bridgehead atoms. The smallest absolute Gasteiger partial charge is 0.338 e. The van der Waals surface area contributed by atoms with E-state index in [1.807, 2.05) is 51.2 Å². The van der Waals surface area contributed by atoms with E-state index in [1.54, 1.807) is 17.4 Å². The molecule has 2 heterocycles. The monoisotopic (exact) mass is 431 g/mol. The van der Waals surface area contributed by atoms with Crippen LogP contribution in [-0.2, 0) is 11.2 Å². The van der Waals surface area contributed by atoms with E-state index in [0.717, 1.165) is 23.1 Å². The highest BCUT2D eigenvalue weighted by atomic mass is 32.1. The first-order valence-corrected chi connectivity index (χ1v) is 11.3. The zero-order chi connectivity index (χ0) is 21.8. The molecule has 0 saturated heterocycles. The minimum absolute atomic E-state index is 0.113. The van der Waals surface area contributed by atoms with Crippen molar-refractivity contribution >= 4 is 27.4 Å². The van der Waals surface area contributed by atoms with E-state index in [9.17, 15) is 4.79 Å². The second-order valence-electron chi connectivity index (χ2n) is 7.59. The second-order valence-corrected chi connectivity index (χ2v) is 8.72. The van der Waals surface area contributed by atoms with Gasteiger partial charge in [-0.25, -0.2) is 9.78 Å². The van der Waals surface area contributed by atoms with Crippen molar-refractivity contribution < 1.29 is 14.3 Å². The fourth-order valence-electron chi connectivity index (χ4n) is 3.49. The predicted molar refractivity (Wildman–Crippen MR) is 126 cm³/mol. The molecular weight excluding hydrogens is 406 g/mol. The molecule has 0 aliphatic rings. The van der Waals surface area contributed by atoms with Crippen LogP contribution in [0.2, 0.25) is 0 Å². The van der Waals surface area contributed by atoms with Crippen molar-refractivity contribution in [1.82, 2.24) is 4.98 Å². The number of thiophene rings is 1. The first kappa shape index (κ1) is 21.1. The van der Waals surface area contributed by atoms with Crippen molar-refractivity contribution in [3.8, 4) is 17.0 Å². The number of aromatic nitrogens is 1. The lowest BCUT2D eigenvalue weighted by molar-refractivity contribution is 0.0526. The van der Waals surface area contributed by atoms with Gasteiger partial charge in [0.15, 0.2) is 0 Å². The van der Waals surface area contributed by atoms with Crippen LogP contribution in [0.5, 0.6) is 5.88 Å². The number of carbonyl (C=O) groups excluding carboxylic acids is 1. The highest BCUT2D eigenvalue weighted by Crippen LogP contribution is 2.36. The molecule has 0 aliphatic carbocycles. The summed E-state index contributed by atoms with van der Waals surface area (Å²) < 4.78 is 12.0. The Hall–Kier alpha value is -3.18. The second kappa shape index (κ2) is 9.31. The van der Waals surface area contributed by atoms with Crippen LogP contribution in [-0.4, -0.2) is 23.7 Å². The van der Waals surface area contributed by atoms with Crippen molar-refractivity contribution in [1.29, 1.82) is 0 Å². The molecule has 2 aromatic carbocycles. The van der Waals surface area contributed by atoms with Gasteiger partial charge in [0, 0.05) is 28.3 Å². The van der Waals surface area contributed by atoms with Crippen LogP contribution in [0.15, 0.2) is 66.9 Å². The minimum Gasteiger partial charge on any atom is -0.475 e. The topological polar surface area (TPSA) is 48.4 Å². The molecule has 31 heavy (non-hydrogen) atoms. The van der Waals surface area contributed by atoms with Gasteiger partial charge in [-0.05, 0) is 61.0 Å². The Bertz CT molecular complexity index is 1190. The van der Waals surface area contributed by atoms with Crippen molar-refractivity contribution in [2.45, 2.75) is 33.3 Å². The number of rotatable bonds is 7. The van der Waals surface area contributed by atoms with E-state index in [1.165, 1.54) is 15.0 Å². The lowest BCUT2D eigenvalue weighted by Crippen LogP contribution is -2.06. The molecule has 0 atom stereocenters. The van der Waals surface area contributed by atoms with Gasteiger partial charge in [-0.1, -0.05) is 36.4 Å². The Morgan fingerprint density at radius 3 is 2.65 bits per heavy atom. The molecule has 0 spiro atoms. The number of pyridine rings is 1. The van der Waals surface area contributed by atoms with Crippen LogP contribution < -0.4 is 4.74 Å².